The number of likely N-dealkylation sites (tertiary alicyclic amines) is 1. The van der Waals surface area contributed by atoms with Crippen LogP contribution in [0, 0.1) is 26.7 Å². The van der Waals surface area contributed by atoms with Gasteiger partial charge in [-0.05, 0) is 61.9 Å². The summed E-state index contributed by atoms with van der Waals surface area (Å²) in [5.41, 5.74) is 5.39. The Balaban J connectivity index is 1.99. The van der Waals surface area contributed by atoms with Crippen molar-refractivity contribution in [2.24, 2.45) is 5.92 Å². The summed E-state index contributed by atoms with van der Waals surface area (Å²) in [6, 6.07) is 4.52. The van der Waals surface area contributed by atoms with Crippen LogP contribution in [0.25, 0.3) is 0 Å². The lowest BCUT2D eigenvalue weighted by atomic mass is 10.0. The molecule has 0 amide bonds. The standard InChI is InChI=1S/C16H23NO2/c1-11-6-13(3)15(7-12(11)2)10-17-5-4-14(9-17)8-16(18)19/h6-7,14H,4-5,8-10H2,1-3H3,(H,18,19). The summed E-state index contributed by atoms with van der Waals surface area (Å²) in [6.45, 7) is 9.33. The molecule has 1 heterocycles. The molecule has 104 valence electrons. The lowest BCUT2D eigenvalue weighted by molar-refractivity contribution is -0.138. The Bertz CT molecular complexity index is 482. The van der Waals surface area contributed by atoms with Crippen molar-refractivity contribution in [3.63, 3.8) is 0 Å². The normalized spacial score (nSPS) is 19.8. The van der Waals surface area contributed by atoms with Gasteiger partial charge >= 0.3 is 5.97 Å². The first kappa shape index (κ1) is 14.1. The van der Waals surface area contributed by atoms with Gasteiger partial charge in [0.25, 0.3) is 0 Å². The molecular weight excluding hydrogens is 238 g/mol. The highest BCUT2D eigenvalue weighted by Gasteiger charge is 2.24. The maximum Gasteiger partial charge on any atom is 0.303 e. The Kier molecular flexibility index (Phi) is 4.25. The first-order valence-electron chi connectivity index (χ1n) is 6.96. The molecule has 1 aromatic carbocycles. The van der Waals surface area contributed by atoms with Crippen LogP contribution in [0.4, 0.5) is 0 Å². The minimum Gasteiger partial charge on any atom is -0.481 e. The Hall–Kier alpha value is -1.35. The summed E-state index contributed by atoms with van der Waals surface area (Å²) in [4.78, 5) is 13.1. The van der Waals surface area contributed by atoms with Crippen molar-refractivity contribution in [1.29, 1.82) is 0 Å². The van der Waals surface area contributed by atoms with Gasteiger partial charge in [0.15, 0.2) is 0 Å². The fourth-order valence-corrected chi connectivity index (χ4v) is 2.90. The number of hydrogen-bond donors (Lipinski definition) is 1. The molecule has 1 fully saturated rings. The third kappa shape index (κ3) is 3.57. The van der Waals surface area contributed by atoms with Crippen LogP contribution in [0.1, 0.15) is 35.1 Å². The number of rotatable bonds is 4. The molecule has 0 spiro atoms. The van der Waals surface area contributed by atoms with E-state index in [1.807, 2.05) is 0 Å². The summed E-state index contributed by atoms with van der Waals surface area (Å²) in [7, 11) is 0. The molecule has 1 aliphatic heterocycles. The summed E-state index contributed by atoms with van der Waals surface area (Å²) < 4.78 is 0. The van der Waals surface area contributed by atoms with Crippen molar-refractivity contribution in [2.75, 3.05) is 13.1 Å². The molecule has 19 heavy (non-hydrogen) atoms. The van der Waals surface area contributed by atoms with Crippen LogP contribution >= 0.6 is 0 Å². The van der Waals surface area contributed by atoms with E-state index in [0.717, 1.165) is 26.1 Å². The third-order valence-electron chi connectivity index (χ3n) is 4.18. The molecule has 1 atom stereocenters. The van der Waals surface area contributed by atoms with Gasteiger partial charge in [-0.3, -0.25) is 9.69 Å². The molecule has 3 heteroatoms. The molecule has 0 bridgehead atoms. The topological polar surface area (TPSA) is 40.5 Å². The zero-order valence-electron chi connectivity index (χ0n) is 12.1. The fraction of sp³-hybridized carbons (Fsp3) is 0.562. The number of carboxylic acid groups (broad SMARTS) is 1. The number of carbonyl (C=O) groups is 1. The Morgan fingerprint density at radius 2 is 1.95 bits per heavy atom. The van der Waals surface area contributed by atoms with E-state index in [4.69, 9.17) is 5.11 Å². The van der Waals surface area contributed by atoms with E-state index in [-0.39, 0.29) is 0 Å². The van der Waals surface area contributed by atoms with Gasteiger partial charge in [0.05, 0.1) is 0 Å². The van der Waals surface area contributed by atoms with Crippen LogP contribution in [0.2, 0.25) is 0 Å². The van der Waals surface area contributed by atoms with E-state index in [1.54, 1.807) is 0 Å². The van der Waals surface area contributed by atoms with Gasteiger partial charge in [-0.1, -0.05) is 12.1 Å². The van der Waals surface area contributed by atoms with Crippen molar-refractivity contribution in [3.8, 4) is 0 Å². The molecule has 1 saturated heterocycles. The number of nitrogens with zero attached hydrogens (tertiary/aromatic N) is 1. The van der Waals surface area contributed by atoms with Crippen LogP contribution in [0.3, 0.4) is 0 Å². The predicted octanol–water partition coefficient (Wildman–Crippen LogP) is 2.91. The SMILES string of the molecule is Cc1cc(C)c(CN2CCC(CC(=O)O)C2)cc1C. The lowest BCUT2D eigenvalue weighted by Gasteiger charge is -2.18. The molecule has 0 aliphatic carbocycles. The van der Waals surface area contributed by atoms with Gasteiger partial charge in [0.2, 0.25) is 0 Å². The van der Waals surface area contributed by atoms with E-state index in [2.05, 4.69) is 37.8 Å². The van der Waals surface area contributed by atoms with Gasteiger partial charge in [0, 0.05) is 19.5 Å². The molecule has 1 N–H and O–H groups in total. The molecule has 0 saturated carbocycles. The zero-order valence-corrected chi connectivity index (χ0v) is 12.1. The van der Waals surface area contributed by atoms with Crippen LogP contribution in [0.15, 0.2) is 12.1 Å². The molecule has 1 aromatic rings. The second kappa shape index (κ2) is 5.74. The minimum atomic E-state index is -0.672. The molecule has 1 unspecified atom stereocenters. The molecule has 0 aromatic heterocycles. The smallest absolute Gasteiger partial charge is 0.303 e. The van der Waals surface area contributed by atoms with Gasteiger partial charge in [-0.25, -0.2) is 0 Å². The first-order chi connectivity index (χ1) is 8.95. The van der Waals surface area contributed by atoms with Crippen LogP contribution < -0.4 is 0 Å². The zero-order chi connectivity index (χ0) is 14.0. The second-order valence-corrected chi connectivity index (χ2v) is 5.85. The molecule has 1 aliphatic rings. The highest BCUT2D eigenvalue weighted by atomic mass is 16.4. The van der Waals surface area contributed by atoms with Crippen molar-refractivity contribution in [1.82, 2.24) is 4.90 Å². The molecule has 3 nitrogen and oxygen atoms in total. The van der Waals surface area contributed by atoms with E-state index in [0.29, 0.717) is 12.3 Å². The van der Waals surface area contributed by atoms with Crippen LogP contribution in [0.5, 0.6) is 0 Å². The summed E-state index contributed by atoms with van der Waals surface area (Å²) in [6.07, 6.45) is 1.32. The third-order valence-corrected chi connectivity index (χ3v) is 4.18. The summed E-state index contributed by atoms with van der Waals surface area (Å²) >= 11 is 0. The van der Waals surface area contributed by atoms with E-state index >= 15 is 0 Å². The average molecular weight is 261 g/mol. The van der Waals surface area contributed by atoms with Crippen molar-refractivity contribution in [2.45, 2.75) is 40.2 Å². The number of hydrogen-bond acceptors (Lipinski definition) is 2. The average Bonchev–Trinajstić information content (AvgIpc) is 2.72. The minimum absolute atomic E-state index is 0.308. The summed E-state index contributed by atoms with van der Waals surface area (Å²) in [5.74, 6) is -0.349. The Morgan fingerprint density at radius 1 is 1.26 bits per heavy atom. The highest BCUT2D eigenvalue weighted by Crippen LogP contribution is 2.23. The highest BCUT2D eigenvalue weighted by molar-refractivity contribution is 5.67. The number of carboxylic acids is 1. The molecule has 0 radical (unpaired) electrons. The Morgan fingerprint density at radius 3 is 2.63 bits per heavy atom. The van der Waals surface area contributed by atoms with E-state index in [1.165, 1.54) is 22.3 Å². The molecular formula is C16H23NO2. The lowest BCUT2D eigenvalue weighted by Crippen LogP contribution is -2.21. The second-order valence-electron chi connectivity index (χ2n) is 5.85. The van der Waals surface area contributed by atoms with Gasteiger partial charge in [-0.15, -0.1) is 0 Å². The van der Waals surface area contributed by atoms with Crippen LogP contribution in [-0.4, -0.2) is 29.1 Å². The maximum absolute atomic E-state index is 10.7. The number of aliphatic carboxylic acids is 1. The van der Waals surface area contributed by atoms with Crippen molar-refractivity contribution < 1.29 is 9.90 Å². The van der Waals surface area contributed by atoms with Gasteiger partial charge < -0.3 is 5.11 Å². The maximum atomic E-state index is 10.7. The number of aryl methyl sites for hydroxylation is 3. The first-order valence-corrected chi connectivity index (χ1v) is 6.96. The largest absolute Gasteiger partial charge is 0.481 e. The van der Waals surface area contributed by atoms with E-state index < -0.39 is 5.97 Å². The van der Waals surface area contributed by atoms with E-state index in [9.17, 15) is 4.79 Å². The van der Waals surface area contributed by atoms with Crippen LogP contribution in [-0.2, 0) is 11.3 Å². The monoisotopic (exact) mass is 261 g/mol. The van der Waals surface area contributed by atoms with Gasteiger partial charge in [0.1, 0.15) is 0 Å². The van der Waals surface area contributed by atoms with Crippen molar-refractivity contribution in [3.05, 3.63) is 34.4 Å². The Labute approximate surface area is 115 Å². The predicted molar refractivity (Wildman–Crippen MR) is 76.3 cm³/mol. The fourth-order valence-electron chi connectivity index (χ4n) is 2.90. The number of benzene rings is 1. The summed E-state index contributed by atoms with van der Waals surface area (Å²) in [5, 5.41) is 8.84. The molecule has 2 rings (SSSR count). The quantitative estimate of drug-likeness (QED) is 0.906. The van der Waals surface area contributed by atoms with Gasteiger partial charge in [-0.2, -0.15) is 0 Å². The van der Waals surface area contributed by atoms with Crippen molar-refractivity contribution >= 4 is 5.97 Å².